The van der Waals surface area contributed by atoms with Crippen LogP contribution in [0.15, 0.2) is 12.1 Å². The third-order valence-corrected chi connectivity index (χ3v) is 6.44. The smallest absolute Gasteiger partial charge is 0.227 e. The van der Waals surface area contributed by atoms with E-state index < -0.39 is 0 Å². The first kappa shape index (κ1) is 18.8. The highest BCUT2D eigenvalue weighted by atomic mass is 35.5. The summed E-state index contributed by atoms with van der Waals surface area (Å²) in [7, 11) is 1.94. The van der Waals surface area contributed by atoms with Gasteiger partial charge in [-0.3, -0.25) is 9.69 Å². The van der Waals surface area contributed by atoms with Crippen LogP contribution in [0.25, 0.3) is 0 Å². The van der Waals surface area contributed by atoms with Crippen molar-refractivity contribution in [2.75, 3.05) is 25.9 Å². The first-order chi connectivity index (χ1) is 12.0. The second-order valence-corrected chi connectivity index (χ2v) is 8.12. The predicted octanol–water partition coefficient (Wildman–Crippen LogP) is 3.98. The van der Waals surface area contributed by atoms with Gasteiger partial charge < -0.3 is 10.6 Å². The molecule has 1 aliphatic heterocycles. The molecule has 25 heavy (non-hydrogen) atoms. The van der Waals surface area contributed by atoms with E-state index in [4.69, 9.17) is 28.9 Å². The summed E-state index contributed by atoms with van der Waals surface area (Å²) >= 11 is 12.1. The van der Waals surface area contributed by atoms with E-state index in [2.05, 4.69) is 4.90 Å². The molecule has 1 aromatic carbocycles. The van der Waals surface area contributed by atoms with Gasteiger partial charge in [0.15, 0.2) is 0 Å². The third-order valence-electron chi connectivity index (χ3n) is 5.72. The molecule has 2 atom stereocenters. The molecule has 2 aliphatic rings. The molecule has 0 spiro atoms. The van der Waals surface area contributed by atoms with Gasteiger partial charge in [-0.15, -0.1) is 0 Å². The Hall–Kier alpha value is -0.970. The predicted molar refractivity (Wildman–Crippen MR) is 104 cm³/mol. The Morgan fingerprint density at radius 1 is 1.16 bits per heavy atom. The Labute approximate surface area is 160 Å². The Morgan fingerprint density at radius 3 is 2.52 bits per heavy atom. The highest BCUT2D eigenvalue weighted by Gasteiger charge is 2.35. The largest absolute Gasteiger partial charge is 0.398 e. The SMILES string of the molecule is CN(C(=O)Cc1cc(Cl)c(Cl)cc1N)[C@@H]1CCCC[C@H]1N1CCCC1. The van der Waals surface area contributed by atoms with E-state index in [1.54, 1.807) is 12.1 Å². The number of halogens is 2. The Morgan fingerprint density at radius 2 is 1.80 bits per heavy atom. The second kappa shape index (κ2) is 8.15. The zero-order valence-electron chi connectivity index (χ0n) is 14.8. The molecule has 1 saturated heterocycles. The maximum absolute atomic E-state index is 12.9. The molecule has 1 heterocycles. The third kappa shape index (κ3) is 4.24. The number of anilines is 1. The van der Waals surface area contributed by atoms with Crippen LogP contribution < -0.4 is 5.73 Å². The van der Waals surface area contributed by atoms with Crippen molar-refractivity contribution in [2.24, 2.45) is 0 Å². The van der Waals surface area contributed by atoms with Crippen molar-refractivity contribution in [3.63, 3.8) is 0 Å². The number of amides is 1. The van der Waals surface area contributed by atoms with Crippen molar-refractivity contribution in [1.82, 2.24) is 9.80 Å². The summed E-state index contributed by atoms with van der Waals surface area (Å²) in [5, 5.41) is 0.860. The number of nitrogens with two attached hydrogens (primary N) is 1. The van der Waals surface area contributed by atoms with Gasteiger partial charge in [0.2, 0.25) is 5.91 Å². The molecule has 1 saturated carbocycles. The molecule has 1 amide bonds. The zero-order valence-corrected chi connectivity index (χ0v) is 16.3. The van der Waals surface area contributed by atoms with Gasteiger partial charge in [0.25, 0.3) is 0 Å². The van der Waals surface area contributed by atoms with Crippen LogP contribution in [-0.4, -0.2) is 47.9 Å². The first-order valence-electron chi connectivity index (χ1n) is 9.20. The minimum Gasteiger partial charge on any atom is -0.398 e. The van der Waals surface area contributed by atoms with Crippen LogP contribution in [0.5, 0.6) is 0 Å². The van der Waals surface area contributed by atoms with E-state index in [1.807, 2.05) is 11.9 Å². The number of carbonyl (C=O) groups is 1. The summed E-state index contributed by atoms with van der Waals surface area (Å²) in [5.74, 6) is 0.0983. The van der Waals surface area contributed by atoms with E-state index in [9.17, 15) is 4.79 Å². The number of nitrogen functional groups attached to an aromatic ring is 1. The van der Waals surface area contributed by atoms with E-state index in [0.717, 1.165) is 12.0 Å². The van der Waals surface area contributed by atoms with Gasteiger partial charge >= 0.3 is 0 Å². The molecule has 0 radical (unpaired) electrons. The molecule has 2 N–H and O–H groups in total. The van der Waals surface area contributed by atoms with Crippen LogP contribution in [0, 0.1) is 0 Å². The van der Waals surface area contributed by atoms with Crippen molar-refractivity contribution >= 4 is 34.8 Å². The fourth-order valence-electron chi connectivity index (χ4n) is 4.27. The molecule has 4 nitrogen and oxygen atoms in total. The average Bonchev–Trinajstić information content (AvgIpc) is 3.13. The number of carbonyl (C=O) groups excluding carboxylic acids is 1. The number of likely N-dealkylation sites (N-methyl/N-ethyl adjacent to an activating group) is 1. The summed E-state index contributed by atoms with van der Waals surface area (Å²) in [6.45, 7) is 2.34. The highest BCUT2D eigenvalue weighted by molar-refractivity contribution is 6.42. The highest BCUT2D eigenvalue weighted by Crippen LogP contribution is 2.31. The normalized spacial score (nSPS) is 24.4. The lowest BCUT2D eigenvalue weighted by molar-refractivity contribution is -0.133. The van der Waals surface area contributed by atoms with Crippen LogP contribution >= 0.6 is 23.2 Å². The van der Waals surface area contributed by atoms with E-state index in [-0.39, 0.29) is 12.3 Å². The molecule has 3 rings (SSSR count). The van der Waals surface area contributed by atoms with Crippen molar-refractivity contribution in [2.45, 2.75) is 57.0 Å². The minimum atomic E-state index is 0.0983. The lowest BCUT2D eigenvalue weighted by Gasteiger charge is -2.42. The number of rotatable bonds is 4. The summed E-state index contributed by atoms with van der Waals surface area (Å²) in [4.78, 5) is 17.4. The molecule has 1 aliphatic carbocycles. The van der Waals surface area contributed by atoms with Crippen molar-refractivity contribution < 1.29 is 4.79 Å². The average molecular weight is 384 g/mol. The van der Waals surface area contributed by atoms with Gasteiger partial charge in [0.05, 0.1) is 16.5 Å². The summed E-state index contributed by atoms with van der Waals surface area (Å²) in [6.07, 6.45) is 7.56. The quantitative estimate of drug-likeness (QED) is 0.799. The molecular weight excluding hydrogens is 357 g/mol. The van der Waals surface area contributed by atoms with Gasteiger partial charge in [-0.1, -0.05) is 36.0 Å². The number of hydrogen-bond donors (Lipinski definition) is 1. The molecule has 6 heteroatoms. The van der Waals surface area contributed by atoms with Gasteiger partial charge in [-0.05, 0) is 56.5 Å². The first-order valence-corrected chi connectivity index (χ1v) is 9.96. The molecule has 0 unspecified atom stereocenters. The molecule has 1 aromatic rings. The second-order valence-electron chi connectivity index (χ2n) is 7.31. The van der Waals surface area contributed by atoms with Gasteiger partial charge in [0, 0.05) is 24.8 Å². The molecule has 0 aromatic heterocycles. The molecule has 2 fully saturated rings. The van der Waals surface area contributed by atoms with Crippen LogP contribution in [0.2, 0.25) is 10.0 Å². The van der Waals surface area contributed by atoms with Gasteiger partial charge in [-0.2, -0.15) is 0 Å². The van der Waals surface area contributed by atoms with E-state index in [1.165, 1.54) is 45.2 Å². The Balaban J connectivity index is 1.71. The van der Waals surface area contributed by atoms with Gasteiger partial charge in [-0.25, -0.2) is 0 Å². The van der Waals surface area contributed by atoms with Crippen molar-refractivity contribution in [3.05, 3.63) is 27.7 Å². The van der Waals surface area contributed by atoms with Crippen LogP contribution in [0.3, 0.4) is 0 Å². The minimum absolute atomic E-state index is 0.0983. The monoisotopic (exact) mass is 383 g/mol. The molecular formula is C19H27Cl2N3O. The maximum atomic E-state index is 12.9. The number of likely N-dealkylation sites (tertiary alicyclic amines) is 1. The van der Waals surface area contributed by atoms with Crippen LogP contribution in [-0.2, 0) is 11.2 Å². The van der Waals surface area contributed by atoms with Crippen LogP contribution in [0.4, 0.5) is 5.69 Å². The molecule has 0 bridgehead atoms. The lowest BCUT2D eigenvalue weighted by Crippen LogP contribution is -2.53. The lowest BCUT2D eigenvalue weighted by atomic mass is 9.88. The summed E-state index contributed by atoms with van der Waals surface area (Å²) < 4.78 is 0. The summed E-state index contributed by atoms with van der Waals surface area (Å²) in [5.41, 5.74) is 7.30. The maximum Gasteiger partial charge on any atom is 0.227 e. The van der Waals surface area contributed by atoms with Crippen LogP contribution in [0.1, 0.15) is 44.1 Å². The number of benzene rings is 1. The Kier molecular flexibility index (Phi) is 6.13. The zero-order chi connectivity index (χ0) is 18.0. The summed E-state index contributed by atoms with van der Waals surface area (Å²) in [6, 6.07) is 4.13. The Bertz CT molecular complexity index is 631. The fourth-order valence-corrected chi connectivity index (χ4v) is 4.63. The van der Waals surface area contributed by atoms with Gasteiger partial charge in [0.1, 0.15) is 0 Å². The van der Waals surface area contributed by atoms with Crippen molar-refractivity contribution in [1.29, 1.82) is 0 Å². The molecule has 138 valence electrons. The van der Waals surface area contributed by atoms with E-state index in [0.29, 0.717) is 27.8 Å². The number of hydrogen-bond acceptors (Lipinski definition) is 3. The van der Waals surface area contributed by atoms with Crippen molar-refractivity contribution in [3.8, 4) is 0 Å². The fraction of sp³-hybridized carbons (Fsp3) is 0.632. The standard InChI is InChI=1S/C19H27Cl2N3O/c1-23(17-6-2-3-7-18(17)24-8-4-5-9-24)19(25)11-13-10-14(20)15(21)12-16(13)22/h10,12,17-18H,2-9,11,22H2,1H3/t17-,18-/m1/s1. The topological polar surface area (TPSA) is 49.6 Å². The van der Waals surface area contributed by atoms with E-state index >= 15 is 0 Å². The number of nitrogens with zero attached hydrogens (tertiary/aromatic N) is 2.